The first-order chi connectivity index (χ1) is 18.2. The molecule has 0 radical (unpaired) electrons. The van der Waals surface area contributed by atoms with Gasteiger partial charge in [-0.15, -0.1) is 0 Å². The summed E-state index contributed by atoms with van der Waals surface area (Å²) in [6.45, 7) is 7.40. The van der Waals surface area contributed by atoms with Crippen molar-refractivity contribution in [3.05, 3.63) is 81.9 Å². The van der Waals surface area contributed by atoms with Gasteiger partial charge in [-0.2, -0.15) is 4.39 Å². The monoisotopic (exact) mass is 545 g/mol. The molecule has 0 saturated carbocycles. The number of nitrogens with one attached hydrogen (secondary N) is 1. The molecule has 0 bridgehead atoms. The molecule has 1 unspecified atom stereocenters. The summed E-state index contributed by atoms with van der Waals surface area (Å²) in [6, 6.07) is 8.07. The van der Waals surface area contributed by atoms with Crippen molar-refractivity contribution >= 4 is 17.6 Å². The maximum Gasteiger partial charge on any atom is 0.407 e. The number of fused-ring (bicyclic) bond motifs is 2. The van der Waals surface area contributed by atoms with Crippen molar-refractivity contribution in [3.63, 3.8) is 0 Å². The summed E-state index contributed by atoms with van der Waals surface area (Å²) in [7, 11) is 0. The van der Waals surface area contributed by atoms with Gasteiger partial charge in [0.15, 0.2) is 17.4 Å². The number of halogens is 4. The van der Waals surface area contributed by atoms with Crippen molar-refractivity contribution < 1.29 is 36.6 Å². The van der Waals surface area contributed by atoms with Crippen LogP contribution in [0.5, 0.6) is 5.75 Å². The topological polar surface area (TPSA) is 64.6 Å². The molecule has 2 aromatic rings. The van der Waals surface area contributed by atoms with Gasteiger partial charge in [0.25, 0.3) is 0 Å². The number of benzene rings is 2. The number of ether oxygens (including phenoxy) is 2. The lowest BCUT2D eigenvalue weighted by Gasteiger charge is -2.34. The number of rotatable bonds is 7. The SMILES string of the molecule is Cc1c(F)c(F)c(F)c(F)c1OC(=O)C(C)(C)CC(C)(C)NC(=O)OCC1C2=C(CCC=C2)c2ccccc21. The molecule has 5 nitrogen and oxygen atoms in total. The highest BCUT2D eigenvalue weighted by molar-refractivity contribution is 5.82. The van der Waals surface area contributed by atoms with E-state index in [0.29, 0.717) is 0 Å². The number of hydrogen-bond acceptors (Lipinski definition) is 4. The lowest BCUT2D eigenvalue weighted by Crippen LogP contribution is -2.48. The van der Waals surface area contributed by atoms with Gasteiger partial charge in [0, 0.05) is 17.0 Å². The molecular weight excluding hydrogens is 514 g/mol. The summed E-state index contributed by atoms with van der Waals surface area (Å²) in [5.41, 5.74) is 1.71. The molecule has 2 aliphatic rings. The van der Waals surface area contributed by atoms with Crippen LogP contribution in [0.4, 0.5) is 22.4 Å². The Hall–Kier alpha value is -3.62. The Morgan fingerprint density at radius 1 is 1.00 bits per heavy atom. The van der Waals surface area contributed by atoms with Gasteiger partial charge in [-0.1, -0.05) is 36.4 Å². The molecular formula is C30H31F4NO4. The van der Waals surface area contributed by atoms with Gasteiger partial charge in [-0.3, -0.25) is 4.79 Å². The standard InChI is InChI=1S/C30H31F4NO4/c1-16-22(31)23(32)24(33)25(34)26(16)39-27(36)29(2,3)15-30(4,5)35-28(37)38-14-21-19-12-8-6-10-17(19)18-11-7-9-13-20(18)21/h6,8-10,12-13,21H,7,11,14-15H2,1-5H3,(H,35,37). The average Bonchev–Trinajstić information content (AvgIpc) is 3.20. The summed E-state index contributed by atoms with van der Waals surface area (Å²) in [5, 5.41) is 2.75. The van der Waals surface area contributed by atoms with Crippen LogP contribution in [0.3, 0.4) is 0 Å². The van der Waals surface area contributed by atoms with Crippen LogP contribution in [0.25, 0.3) is 5.57 Å². The number of carbonyl (C=O) groups excluding carboxylic acids is 2. The van der Waals surface area contributed by atoms with E-state index >= 15 is 0 Å². The van der Waals surface area contributed by atoms with Gasteiger partial charge < -0.3 is 14.8 Å². The molecule has 0 spiro atoms. The van der Waals surface area contributed by atoms with Gasteiger partial charge in [-0.05, 0) is 76.2 Å². The van der Waals surface area contributed by atoms with E-state index in [9.17, 15) is 27.2 Å². The van der Waals surface area contributed by atoms with Gasteiger partial charge in [0.2, 0.25) is 11.6 Å². The first-order valence-electron chi connectivity index (χ1n) is 12.7. The van der Waals surface area contributed by atoms with E-state index in [0.717, 1.165) is 30.9 Å². The summed E-state index contributed by atoms with van der Waals surface area (Å²) < 4.78 is 65.9. The molecule has 9 heteroatoms. The van der Waals surface area contributed by atoms with Crippen molar-refractivity contribution in [1.29, 1.82) is 0 Å². The van der Waals surface area contributed by atoms with Crippen LogP contribution in [0, 0.1) is 35.6 Å². The second-order valence-corrected chi connectivity index (χ2v) is 11.3. The van der Waals surface area contributed by atoms with E-state index in [1.54, 1.807) is 13.8 Å². The Balaban J connectivity index is 1.40. The zero-order valence-electron chi connectivity index (χ0n) is 22.5. The molecule has 2 aliphatic carbocycles. The van der Waals surface area contributed by atoms with Crippen LogP contribution in [-0.4, -0.2) is 24.2 Å². The second kappa shape index (κ2) is 10.5. The van der Waals surface area contributed by atoms with Crippen molar-refractivity contribution in [3.8, 4) is 5.75 Å². The molecule has 1 N–H and O–H groups in total. The minimum absolute atomic E-state index is 0.00502. The third-order valence-corrected chi connectivity index (χ3v) is 7.14. The van der Waals surface area contributed by atoms with E-state index in [-0.39, 0.29) is 18.9 Å². The molecule has 4 rings (SSSR count). The Morgan fingerprint density at radius 3 is 2.38 bits per heavy atom. The maximum atomic E-state index is 14.2. The summed E-state index contributed by atoms with van der Waals surface area (Å²) in [5.74, 6) is -9.60. The summed E-state index contributed by atoms with van der Waals surface area (Å²) in [6.07, 6.45) is 5.43. The Labute approximate surface area is 224 Å². The second-order valence-electron chi connectivity index (χ2n) is 11.3. The predicted molar refractivity (Wildman–Crippen MR) is 138 cm³/mol. The van der Waals surface area contributed by atoms with Crippen LogP contribution in [0.2, 0.25) is 0 Å². The largest absolute Gasteiger partial charge is 0.449 e. The molecule has 0 aromatic heterocycles. The fourth-order valence-corrected chi connectivity index (χ4v) is 5.49. The zero-order valence-corrected chi connectivity index (χ0v) is 22.5. The van der Waals surface area contributed by atoms with Gasteiger partial charge in [0.05, 0.1) is 5.41 Å². The smallest absolute Gasteiger partial charge is 0.407 e. The molecule has 0 aliphatic heterocycles. The summed E-state index contributed by atoms with van der Waals surface area (Å²) in [4.78, 5) is 25.7. The van der Waals surface area contributed by atoms with Crippen LogP contribution < -0.4 is 10.1 Å². The van der Waals surface area contributed by atoms with Crippen molar-refractivity contribution in [2.45, 2.75) is 65.3 Å². The molecule has 208 valence electrons. The van der Waals surface area contributed by atoms with Gasteiger partial charge in [0.1, 0.15) is 6.61 Å². The van der Waals surface area contributed by atoms with Crippen molar-refractivity contribution in [2.75, 3.05) is 6.61 Å². The molecule has 0 fully saturated rings. The van der Waals surface area contributed by atoms with E-state index in [4.69, 9.17) is 9.47 Å². The minimum atomic E-state index is -2.07. The van der Waals surface area contributed by atoms with Crippen LogP contribution in [0.15, 0.2) is 42.0 Å². The molecule has 1 amide bonds. The molecule has 39 heavy (non-hydrogen) atoms. The fourth-order valence-electron chi connectivity index (χ4n) is 5.49. The average molecular weight is 546 g/mol. The number of amides is 1. The van der Waals surface area contributed by atoms with E-state index in [1.807, 2.05) is 18.2 Å². The predicted octanol–water partition coefficient (Wildman–Crippen LogP) is 7.28. The quantitative estimate of drug-likeness (QED) is 0.131. The number of carbonyl (C=O) groups is 2. The van der Waals surface area contributed by atoms with Crippen molar-refractivity contribution in [1.82, 2.24) is 5.32 Å². The zero-order chi connectivity index (χ0) is 28.7. The Bertz CT molecular complexity index is 1360. The lowest BCUT2D eigenvalue weighted by atomic mass is 9.80. The Morgan fingerprint density at radius 2 is 1.67 bits per heavy atom. The first-order valence-corrected chi connectivity index (χ1v) is 12.7. The number of hydrogen-bond donors (Lipinski definition) is 1. The molecule has 2 aromatic carbocycles. The van der Waals surface area contributed by atoms with Crippen molar-refractivity contribution in [2.24, 2.45) is 5.41 Å². The number of alkyl carbamates (subject to hydrolysis) is 1. The number of allylic oxidation sites excluding steroid dienone is 3. The maximum absolute atomic E-state index is 14.2. The molecule has 0 saturated heterocycles. The number of esters is 1. The summed E-state index contributed by atoms with van der Waals surface area (Å²) >= 11 is 0. The highest BCUT2D eigenvalue weighted by Gasteiger charge is 2.39. The van der Waals surface area contributed by atoms with Gasteiger partial charge >= 0.3 is 12.1 Å². The first kappa shape index (κ1) is 28.4. The van der Waals surface area contributed by atoms with Crippen LogP contribution in [-0.2, 0) is 9.53 Å². The lowest BCUT2D eigenvalue weighted by molar-refractivity contribution is -0.145. The third-order valence-electron chi connectivity index (χ3n) is 7.14. The third kappa shape index (κ3) is 5.58. The Kier molecular flexibility index (Phi) is 7.65. The van der Waals surface area contributed by atoms with E-state index < -0.39 is 57.6 Å². The highest BCUT2D eigenvalue weighted by Crippen LogP contribution is 2.46. The molecule has 0 heterocycles. The van der Waals surface area contributed by atoms with E-state index in [1.165, 1.54) is 25.0 Å². The van der Waals surface area contributed by atoms with E-state index in [2.05, 4.69) is 23.5 Å². The highest BCUT2D eigenvalue weighted by atomic mass is 19.2. The minimum Gasteiger partial charge on any atom is -0.449 e. The normalized spacial score (nSPS) is 16.6. The molecule has 1 atom stereocenters. The van der Waals surface area contributed by atoms with Crippen LogP contribution >= 0.6 is 0 Å². The fraction of sp³-hybridized carbons (Fsp3) is 0.400. The van der Waals surface area contributed by atoms with Crippen LogP contribution in [0.1, 0.15) is 69.6 Å². The van der Waals surface area contributed by atoms with Gasteiger partial charge in [-0.25, -0.2) is 18.0 Å².